The van der Waals surface area contributed by atoms with Crippen LogP contribution in [-0.2, 0) is 6.61 Å². The van der Waals surface area contributed by atoms with E-state index in [0.29, 0.717) is 22.6 Å². The maximum Gasteiger partial charge on any atom is 0.269 e. The Labute approximate surface area is 159 Å². The molecule has 7 heteroatoms. The first-order chi connectivity index (χ1) is 13.6. The highest BCUT2D eigenvalue weighted by Crippen LogP contribution is 2.40. The number of nitro benzene ring substituents is 1. The molecule has 1 aliphatic rings. The van der Waals surface area contributed by atoms with Crippen molar-refractivity contribution in [1.29, 1.82) is 0 Å². The number of para-hydroxylation sites is 1. The number of carbonyl (C=O) groups excluding carboxylic acids is 1. The van der Waals surface area contributed by atoms with Crippen LogP contribution in [0.1, 0.15) is 15.9 Å². The van der Waals surface area contributed by atoms with Gasteiger partial charge in [0.25, 0.3) is 11.6 Å². The van der Waals surface area contributed by atoms with Gasteiger partial charge < -0.3 is 4.74 Å². The minimum absolute atomic E-state index is 0.00192. The van der Waals surface area contributed by atoms with Gasteiger partial charge in [-0.05, 0) is 29.8 Å². The van der Waals surface area contributed by atoms with E-state index in [2.05, 4.69) is 4.98 Å². The highest BCUT2D eigenvalue weighted by Gasteiger charge is 2.32. The Bertz CT molecular complexity index is 1280. The minimum Gasteiger partial charge on any atom is -0.487 e. The molecular formula is C21H13N3O4. The fraction of sp³-hybridized carbons (Fsp3) is 0.0476. The molecule has 3 heterocycles. The molecule has 0 N–H and O–H groups in total. The van der Waals surface area contributed by atoms with E-state index in [0.717, 1.165) is 16.6 Å². The van der Waals surface area contributed by atoms with E-state index in [1.807, 2.05) is 30.3 Å². The van der Waals surface area contributed by atoms with E-state index in [1.165, 1.54) is 12.1 Å². The van der Waals surface area contributed by atoms with Crippen molar-refractivity contribution in [3.05, 3.63) is 88.1 Å². The topological polar surface area (TPSA) is 87.3 Å². The molecule has 0 fully saturated rings. The van der Waals surface area contributed by atoms with E-state index in [9.17, 15) is 14.9 Å². The maximum atomic E-state index is 12.9. The summed E-state index contributed by atoms with van der Waals surface area (Å²) < 4.78 is 7.61. The van der Waals surface area contributed by atoms with Crippen LogP contribution >= 0.6 is 0 Å². The monoisotopic (exact) mass is 371 g/mol. The number of nitrogens with zero attached hydrogens (tertiary/aromatic N) is 3. The third kappa shape index (κ3) is 2.37. The molecule has 4 aromatic rings. The summed E-state index contributed by atoms with van der Waals surface area (Å²) in [5.41, 5.74) is 3.10. The molecule has 2 aromatic carbocycles. The van der Waals surface area contributed by atoms with Gasteiger partial charge in [0.15, 0.2) is 0 Å². The van der Waals surface area contributed by atoms with Crippen molar-refractivity contribution in [3.63, 3.8) is 0 Å². The van der Waals surface area contributed by atoms with Gasteiger partial charge in [-0.15, -0.1) is 0 Å². The average molecular weight is 371 g/mol. The largest absolute Gasteiger partial charge is 0.487 e. The first kappa shape index (κ1) is 16.2. The number of fused-ring (bicyclic) bond motifs is 4. The van der Waals surface area contributed by atoms with Gasteiger partial charge >= 0.3 is 0 Å². The molecule has 0 bridgehead atoms. The number of non-ortho nitro benzene ring substituents is 1. The lowest BCUT2D eigenvalue weighted by Gasteiger charge is -2.13. The number of ether oxygens (including phenoxy) is 1. The van der Waals surface area contributed by atoms with E-state index < -0.39 is 4.92 Å². The zero-order valence-corrected chi connectivity index (χ0v) is 14.5. The molecule has 0 amide bonds. The number of hydrogen-bond donors (Lipinski definition) is 0. The van der Waals surface area contributed by atoms with Crippen LogP contribution in [0.2, 0.25) is 0 Å². The van der Waals surface area contributed by atoms with Crippen molar-refractivity contribution in [2.75, 3.05) is 0 Å². The smallest absolute Gasteiger partial charge is 0.269 e. The van der Waals surface area contributed by atoms with Gasteiger partial charge in [-0.2, -0.15) is 0 Å². The SMILES string of the molecule is O=C1c2c(nc3ccccc3c2OCc2cccc([N+](=O)[O-])c2)-c2cccn21. The van der Waals surface area contributed by atoms with E-state index in [1.54, 1.807) is 29.0 Å². The number of aromatic nitrogens is 2. The lowest BCUT2D eigenvalue weighted by molar-refractivity contribution is -0.384. The lowest BCUT2D eigenvalue weighted by atomic mass is 10.1. The van der Waals surface area contributed by atoms with E-state index in [-0.39, 0.29) is 18.2 Å². The molecule has 1 aliphatic heterocycles. The quantitative estimate of drug-likeness (QED) is 0.349. The van der Waals surface area contributed by atoms with Gasteiger partial charge in [0.2, 0.25) is 0 Å². The number of pyridine rings is 1. The first-order valence-electron chi connectivity index (χ1n) is 8.65. The Morgan fingerprint density at radius 2 is 1.93 bits per heavy atom. The summed E-state index contributed by atoms with van der Waals surface area (Å²) in [5, 5.41) is 11.7. The van der Waals surface area contributed by atoms with Gasteiger partial charge in [-0.3, -0.25) is 19.5 Å². The number of carbonyl (C=O) groups is 1. The molecule has 28 heavy (non-hydrogen) atoms. The van der Waals surface area contributed by atoms with Gasteiger partial charge in [0.1, 0.15) is 23.6 Å². The molecule has 0 atom stereocenters. The fourth-order valence-electron chi connectivity index (χ4n) is 3.50. The predicted molar refractivity (Wildman–Crippen MR) is 102 cm³/mol. The molecule has 0 unspecified atom stereocenters. The summed E-state index contributed by atoms with van der Waals surface area (Å²) in [4.78, 5) is 28.1. The first-order valence-corrected chi connectivity index (χ1v) is 8.65. The van der Waals surface area contributed by atoms with Crippen LogP contribution in [0.15, 0.2) is 66.9 Å². The normalized spacial score (nSPS) is 12.1. The number of rotatable bonds is 4. The standard InChI is InChI=1S/C21H13N3O4/c25-21-18-19(17-9-4-10-23(17)21)22-16-8-2-1-7-15(16)20(18)28-12-13-5-3-6-14(11-13)24(26)27/h1-11H,12H2. The highest BCUT2D eigenvalue weighted by molar-refractivity contribution is 6.13. The molecule has 0 spiro atoms. The maximum absolute atomic E-state index is 12.9. The molecule has 0 saturated heterocycles. The highest BCUT2D eigenvalue weighted by atomic mass is 16.6. The van der Waals surface area contributed by atoms with Gasteiger partial charge in [-0.25, -0.2) is 4.98 Å². The van der Waals surface area contributed by atoms with Crippen molar-refractivity contribution in [1.82, 2.24) is 9.55 Å². The van der Waals surface area contributed by atoms with Gasteiger partial charge in [-0.1, -0.05) is 24.3 Å². The van der Waals surface area contributed by atoms with Gasteiger partial charge in [0.05, 0.1) is 16.1 Å². The Morgan fingerprint density at radius 3 is 2.79 bits per heavy atom. The molecule has 5 rings (SSSR count). The molecule has 0 aliphatic carbocycles. The van der Waals surface area contributed by atoms with E-state index >= 15 is 0 Å². The second-order valence-electron chi connectivity index (χ2n) is 6.47. The zero-order valence-electron chi connectivity index (χ0n) is 14.5. The van der Waals surface area contributed by atoms with Crippen LogP contribution in [0.4, 0.5) is 5.69 Å². The minimum atomic E-state index is -0.445. The van der Waals surface area contributed by atoms with Crippen LogP contribution in [0.5, 0.6) is 5.75 Å². The molecule has 0 radical (unpaired) electrons. The predicted octanol–water partition coefficient (Wildman–Crippen LogP) is 4.19. The third-order valence-electron chi connectivity index (χ3n) is 4.77. The van der Waals surface area contributed by atoms with Crippen LogP contribution in [-0.4, -0.2) is 20.4 Å². The summed E-state index contributed by atoms with van der Waals surface area (Å²) in [6, 6.07) is 17.4. The third-order valence-corrected chi connectivity index (χ3v) is 4.77. The number of benzene rings is 2. The van der Waals surface area contributed by atoms with Crippen molar-refractivity contribution in [3.8, 4) is 17.1 Å². The van der Waals surface area contributed by atoms with E-state index in [4.69, 9.17) is 4.74 Å². The zero-order chi connectivity index (χ0) is 19.3. The summed E-state index contributed by atoms with van der Waals surface area (Å²) in [5.74, 6) is 0.253. The molecule has 2 aromatic heterocycles. The second kappa shape index (κ2) is 6.02. The summed E-state index contributed by atoms with van der Waals surface area (Å²) in [6.45, 7) is 0.101. The van der Waals surface area contributed by atoms with Crippen molar-refractivity contribution in [2.45, 2.75) is 6.61 Å². The summed E-state index contributed by atoms with van der Waals surface area (Å²) in [6.07, 6.45) is 1.70. The molecular weight excluding hydrogens is 358 g/mol. The van der Waals surface area contributed by atoms with Crippen molar-refractivity contribution >= 4 is 22.5 Å². The summed E-state index contributed by atoms with van der Waals surface area (Å²) in [7, 11) is 0. The van der Waals surface area contributed by atoms with Crippen LogP contribution in [0.3, 0.4) is 0 Å². The molecule has 0 saturated carbocycles. The Kier molecular flexibility index (Phi) is 3.48. The van der Waals surface area contributed by atoms with Crippen molar-refractivity contribution < 1.29 is 14.5 Å². The van der Waals surface area contributed by atoms with Crippen LogP contribution in [0.25, 0.3) is 22.3 Å². The average Bonchev–Trinajstić information content (AvgIpc) is 3.29. The Hall–Kier alpha value is -4.00. The summed E-state index contributed by atoms with van der Waals surface area (Å²) >= 11 is 0. The van der Waals surface area contributed by atoms with Gasteiger partial charge in [0, 0.05) is 23.7 Å². The lowest BCUT2D eigenvalue weighted by Crippen LogP contribution is -2.08. The molecule has 7 nitrogen and oxygen atoms in total. The van der Waals surface area contributed by atoms with Crippen molar-refractivity contribution in [2.24, 2.45) is 0 Å². The van der Waals surface area contributed by atoms with Crippen LogP contribution in [0, 0.1) is 10.1 Å². The van der Waals surface area contributed by atoms with Crippen LogP contribution < -0.4 is 4.74 Å². The Morgan fingerprint density at radius 1 is 1.07 bits per heavy atom. The number of hydrogen-bond acceptors (Lipinski definition) is 5. The molecule has 136 valence electrons. The Balaban J connectivity index is 1.62. The second-order valence-corrected chi connectivity index (χ2v) is 6.47. The number of nitro groups is 1. The fourth-order valence-corrected chi connectivity index (χ4v) is 3.50.